The molecule has 0 amide bonds. The fourth-order valence-corrected chi connectivity index (χ4v) is 2.45. The van der Waals surface area contributed by atoms with E-state index in [9.17, 15) is 23.3 Å². The number of hydrogen-bond acceptors (Lipinski definition) is 4. The normalized spacial score (nSPS) is 18.3. The van der Waals surface area contributed by atoms with E-state index >= 15 is 0 Å². The summed E-state index contributed by atoms with van der Waals surface area (Å²) in [7, 11) is 0. The third kappa shape index (κ3) is 3.63. The van der Waals surface area contributed by atoms with E-state index in [1.807, 2.05) is 6.92 Å². The van der Waals surface area contributed by atoms with E-state index in [2.05, 4.69) is 10.6 Å². The van der Waals surface area contributed by atoms with E-state index < -0.39 is 22.4 Å². The molecular formula is C13H16F3N3O2. The fraction of sp³-hybridized carbons (Fsp3) is 0.538. The van der Waals surface area contributed by atoms with Crippen molar-refractivity contribution in [1.29, 1.82) is 0 Å². The van der Waals surface area contributed by atoms with Gasteiger partial charge < -0.3 is 10.6 Å². The summed E-state index contributed by atoms with van der Waals surface area (Å²) < 4.78 is 38.8. The number of piperidine rings is 1. The summed E-state index contributed by atoms with van der Waals surface area (Å²) in [6, 6.07) is 3.03. The molecule has 116 valence electrons. The Bertz CT molecular complexity index is 540. The Morgan fingerprint density at radius 3 is 2.48 bits per heavy atom. The van der Waals surface area contributed by atoms with Crippen LogP contribution in [0.25, 0.3) is 0 Å². The van der Waals surface area contributed by atoms with Crippen molar-refractivity contribution in [2.24, 2.45) is 0 Å². The lowest BCUT2D eigenvalue weighted by Gasteiger charge is -2.36. The second-order valence-electron chi connectivity index (χ2n) is 5.42. The Labute approximate surface area is 119 Å². The molecule has 21 heavy (non-hydrogen) atoms. The molecule has 2 rings (SSSR count). The first-order chi connectivity index (χ1) is 9.71. The van der Waals surface area contributed by atoms with Crippen LogP contribution in [0.3, 0.4) is 0 Å². The van der Waals surface area contributed by atoms with Gasteiger partial charge >= 0.3 is 6.18 Å². The number of nitro groups is 1. The molecule has 0 aliphatic carbocycles. The highest BCUT2D eigenvalue weighted by Gasteiger charge is 2.39. The smallest absolute Gasteiger partial charge is 0.380 e. The average Bonchev–Trinajstić information content (AvgIpc) is 2.37. The summed E-state index contributed by atoms with van der Waals surface area (Å²) in [6.45, 7) is 3.49. The first kappa shape index (κ1) is 15.6. The van der Waals surface area contributed by atoms with Gasteiger partial charge in [0.25, 0.3) is 5.69 Å². The molecule has 2 N–H and O–H groups in total. The van der Waals surface area contributed by atoms with Crippen LogP contribution >= 0.6 is 0 Å². The number of nitrogens with one attached hydrogen (secondary N) is 2. The molecule has 0 unspecified atom stereocenters. The maximum Gasteiger partial charge on any atom is 0.423 e. The van der Waals surface area contributed by atoms with Gasteiger partial charge in [-0.2, -0.15) is 13.2 Å². The minimum absolute atomic E-state index is 0.248. The number of nitrogens with zero attached hydrogens (tertiary/aromatic N) is 1. The van der Waals surface area contributed by atoms with Crippen LogP contribution in [-0.2, 0) is 6.18 Å². The van der Waals surface area contributed by atoms with E-state index in [4.69, 9.17) is 0 Å². The van der Waals surface area contributed by atoms with Crippen LogP contribution in [0.15, 0.2) is 18.2 Å². The molecule has 1 heterocycles. The Hall–Kier alpha value is -1.83. The van der Waals surface area contributed by atoms with E-state index in [0.29, 0.717) is 0 Å². The number of rotatable bonds is 3. The topological polar surface area (TPSA) is 67.2 Å². The Morgan fingerprint density at radius 1 is 1.33 bits per heavy atom. The SMILES string of the molecule is CC1(Nc2ccc([N+](=O)[O-])c(C(F)(F)F)c2)CCNCC1. The van der Waals surface area contributed by atoms with Gasteiger partial charge in [0, 0.05) is 17.3 Å². The minimum atomic E-state index is -4.75. The van der Waals surface area contributed by atoms with Crippen LogP contribution < -0.4 is 10.6 Å². The number of benzene rings is 1. The first-order valence-corrected chi connectivity index (χ1v) is 6.56. The van der Waals surface area contributed by atoms with Crippen molar-refractivity contribution in [3.05, 3.63) is 33.9 Å². The van der Waals surface area contributed by atoms with Gasteiger partial charge in [-0.1, -0.05) is 0 Å². The molecule has 0 bridgehead atoms. The van der Waals surface area contributed by atoms with Gasteiger partial charge in [-0.25, -0.2) is 0 Å². The third-order valence-electron chi connectivity index (χ3n) is 3.65. The molecule has 1 fully saturated rings. The van der Waals surface area contributed by atoms with Crippen molar-refractivity contribution in [2.75, 3.05) is 18.4 Å². The summed E-state index contributed by atoms with van der Waals surface area (Å²) in [5.74, 6) is 0. The number of anilines is 1. The highest BCUT2D eigenvalue weighted by molar-refractivity contribution is 5.56. The molecule has 8 heteroatoms. The zero-order chi connectivity index (χ0) is 15.7. The minimum Gasteiger partial charge on any atom is -0.380 e. The average molecular weight is 303 g/mol. The molecule has 0 aromatic heterocycles. The maximum absolute atomic E-state index is 12.9. The van der Waals surface area contributed by atoms with Crippen LogP contribution in [0, 0.1) is 10.1 Å². The summed E-state index contributed by atoms with van der Waals surface area (Å²) in [6.07, 6.45) is -3.22. The van der Waals surface area contributed by atoms with Crippen molar-refractivity contribution < 1.29 is 18.1 Å². The van der Waals surface area contributed by atoms with Gasteiger partial charge in [-0.15, -0.1) is 0 Å². The number of nitro benzene ring substituents is 1. The Kier molecular flexibility index (Phi) is 4.08. The maximum atomic E-state index is 12.9. The molecule has 0 radical (unpaired) electrons. The van der Waals surface area contributed by atoms with Gasteiger partial charge in [0.2, 0.25) is 0 Å². The quantitative estimate of drug-likeness (QED) is 0.665. The predicted molar refractivity (Wildman–Crippen MR) is 72.2 cm³/mol. The number of halogens is 3. The summed E-state index contributed by atoms with van der Waals surface area (Å²) >= 11 is 0. The molecule has 1 aromatic carbocycles. The van der Waals surface area contributed by atoms with Crippen LogP contribution in [0.4, 0.5) is 24.5 Å². The zero-order valence-electron chi connectivity index (χ0n) is 11.5. The van der Waals surface area contributed by atoms with E-state index in [1.54, 1.807) is 0 Å². The lowest BCUT2D eigenvalue weighted by molar-refractivity contribution is -0.388. The van der Waals surface area contributed by atoms with E-state index in [1.165, 1.54) is 6.07 Å². The highest BCUT2D eigenvalue weighted by Crippen LogP contribution is 2.38. The third-order valence-corrected chi connectivity index (χ3v) is 3.65. The van der Waals surface area contributed by atoms with Gasteiger partial charge in [0.1, 0.15) is 5.56 Å². The molecule has 0 atom stereocenters. The summed E-state index contributed by atoms with van der Waals surface area (Å²) in [4.78, 5) is 9.69. The van der Waals surface area contributed by atoms with Crippen molar-refractivity contribution in [2.45, 2.75) is 31.5 Å². The van der Waals surface area contributed by atoms with Gasteiger partial charge in [-0.05, 0) is 45.0 Å². The lowest BCUT2D eigenvalue weighted by Crippen LogP contribution is -2.45. The number of hydrogen-bond donors (Lipinski definition) is 2. The van der Waals surface area contributed by atoms with Crippen molar-refractivity contribution >= 4 is 11.4 Å². The second-order valence-corrected chi connectivity index (χ2v) is 5.42. The van der Waals surface area contributed by atoms with Crippen molar-refractivity contribution in [3.63, 3.8) is 0 Å². The monoisotopic (exact) mass is 303 g/mol. The van der Waals surface area contributed by atoms with Gasteiger partial charge in [0.15, 0.2) is 0 Å². The summed E-state index contributed by atoms with van der Waals surface area (Å²) in [5.41, 5.74) is -2.22. The molecule has 5 nitrogen and oxygen atoms in total. The molecular weight excluding hydrogens is 287 g/mol. The zero-order valence-corrected chi connectivity index (χ0v) is 11.5. The van der Waals surface area contributed by atoms with Crippen molar-refractivity contribution in [3.8, 4) is 0 Å². The van der Waals surface area contributed by atoms with Crippen LogP contribution in [0.2, 0.25) is 0 Å². The predicted octanol–water partition coefficient (Wildman–Crippen LogP) is 3.17. The fourth-order valence-electron chi connectivity index (χ4n) is 2.45. The largest absolute Gasteiger partial charge is 0.423 e. The first-order valence-electron chi connectivity index (χ1n) is 6.56. The molecule has 0 saturated carbocycles. The van der Waals surface area contributed by atoms with E-state index in [-0.39, 0.29) is 11.2 Å². The van der Waals surface area contributed by atoms with Gasteiger partial charge in [-0.3, -0.25) is 10.1 Å². The second kappa shape index (κ2) is 5.51. The molecule has 1 aliphatic rings. The standard InChI is InChI=1S/C13H16F3N3O2/c1-12(4-6-17-7-5-12)18-9-2-3-11(19(20)21)10(8-9)13(14,15)16/h2-3,8,17-18H,4-7H2,1H3. The molecule has 1 aliphatic heterocycles. The molecule has 1 aromatic rings. The molecule has 0 spiro atoms. The van der Waals surface area contributed by atoms with Gasteiger partial charge in [0.05, 0.1) is 4.92 Å². The Balaban J connectivity index is 2.31. The lowest BCUT2D eigenvalue weighted by atomic mass is 9.90. The van der Waals surface area contributed by atoms with E-state index in [0.717, 1.165) is 38.1 Å². The van der Waals surface area contributed by atoms with Crippen LogP contribution in [0.5, 0.6) is 0 Å². The highest BCUT2D eigenvalue weighted by atomic mass is 19.4. The van der Waals surface area contributed by atoms with Crippen LogP contribution in [0.1, 0.15) is 25.3 Å². The Morgan fingerprint density at radius 2 is 1.95 bits per heavy atom. The van der Waals surface area contributed by atoms with Crippen LogP contribution in [-0.4, -0.2) is 23.6 Å². The molecule has 1 saturated heterocycles. The summed E-state index contributed by atoms with van der Waals surface area (Å²) in [5, 5.41) is 17.0. The van der Waals surface area contributed by atoms with Crippen molar-refractivity contribution in [1.82, 2.24) is 5.32 Å². The number of alkyl halides is 3.